The standard InChI is InChI=1S/C6H7ClF2N2O2S/c1-2-11-3-4(14(7,12)13)5(10-11)6(8)9/h3,6H,2H2,1H3. The summed E-state index contributed by atoms with van der Waals surface area (Å²) in [5, 5.41) is 3.40. The summed E-state index contributed by atoms with van der Waals surface area (Å²) < 4.78 is 47.4. The molecule has 0 aliphatic heterocycles. The van der Waals surface area contributed by atoms with E-state index in [1.165, 1.54) is 0 Å². The molecule has 0 aliphatic carbocycles. The van der Waals surface area contributed by atoms with E-state index in [0.717, 1.165) is 10.9 Å². The molecule has 0 amide bonds. The zero-order chi connectivity index (χ0) is 10.9. The van der Waals surface area contributed by atoms with Gasteiger partial charge in [0, 0.05) is 23.4 Å². The van der Waals surface area contributed by atoms with Gasteiger partial charge in [-0.2, -0.15) is 5.10 Å². The van der Waals surface area contributed by atoms with Crippen LogP contribution in [0.15, 0.2) is 11.1 Å². The van der Waals surface area contributed by atoms with Gasteiger partial charge in [-0.05, 0) is 6.92 Å². The fourth-order valence-corrected chi connectivity index (χ4v) is 1.90. The first-order valence-electron chi connectivity index (χ1n) is 3.66. The average Bonchev–Trinajstić information content (AvgIpc) is 2.46. The van der Waals surface area contributed by atoms with E-state index in [4.69, 9.17) is 10.7 Å². The summed E-state index contributed by atoms with van der Waals surface area (Å²) in [6.45, 7) is 1.94. The molecular formula is C6H7ClF2N2O2S. The Hall–Kier alpha value is -0.690. The third-order valence-corrected chi connectivity index (χ3v) is 2.89. The normalized spacial score (nSPS) is 12.4. The second-order valence-electron chi connectivity index (χ2n) is 2.47. The fourth-order valence-electron chi connectivity index (χ4n) is 0.919. The minimum Gasteiger partial charge on any atom is -0.271 e. The van der Waals surface area contributed by atoms with Gasteiger partial charge < -0.3 is 0 Å². The predicted octanol–water partition coefficient (Wildman–Crippen LogP) is 1.77. The molecule has 8 heteroatoms. The molecule has 0 aromatic carbocycles. The van der Waals surface area contributed by atoms with Crippen molar-refractivity contribution >= 4 is 19.7 Å². The van der Waals surface area contributed by atoms with E-state index in [2.05, 4.69) is 5.10 Å². The summed E-state index contributed by atoms with van der Waals surface area (Å²) in [5.41, 5.74) is -0.804. The first-order chi connectivity index (χ1) is 6.36. The zero-order valence-corrected chi connectivity index (χ0v) is 8.69. The van der Waals surface area contributed by atoms with Crippen molar-refractivity contribution in [2.24, 2.45) is 0 Å². The molecule has 1 aromatic rings. The maximum Gasteiger partial charge on any atom is 0.283 e. The van der Waals surface area contributed by atoms with E-state index in [9.17, 15) is 17.2 Å². The molecule has 1 aromatic heterocycles. The molecule has 14 heavy (non-hydrogen) atoms. The van der Waals surface area contributed by atoms with Crippen LogP contribution in [0.5, 0.6) is 0 Å². The Morgan fingerprint density at radius 1 is 1.64 bits per heavy atom. The van der Waals surface area contributed by atoms with Gasteiger partial charge in [0.25, 0.3) is 15.5 Å². The molecule has 1 heterocycles. The van der Waals surface area contributed by atoms with Crippen LogP contribution in [-0.4, -0.2) is 18.2 Å². The van der Waals surface area contributed by atoms with Crippen molar-refractivity contribution in [3.63, 3.8) is 0 Å². The Balaban J connectivity index is 3.34. The molecule has 0 saturated heterocycles. The number of halogens is 3. The lowest BCUT2D eigenvalue weighted by Crippen LogP contribution is -1.97. The molecular weight excluding hydrogens is 238 g/mol. The Morgan fingerprint density at radius 3 is 2.50 bits per heavy atom. The largest absolute Gasteiger partial charge is 0.283 e. The number of nitrogens with zero attached hydrogens (tertiary/aromatic N) is 2. The van der Waals surface area contributed by atoms with Gasteiger partial charge in [0.1, 0.15) is 10.6 Å². The van der Waals surface area contributed by atoms with Crippen molar-refractivity contribution in [3.05, 3.63) is 11.9 Å². The lowest BCUT2D eigenvalue weighted by molar-refractivity contribution is 0.142. The van der Waals surface area contributed by atoms with Gasteiger partial charge in [-0.3, -0.25) is 4.68 Å². The Kier molecular flexibility index (Phi) is 3.10. The molecule has 0 bridgehead atoms. The molecule has 0 radical (unpaired) electrons. The minimum absolute atomic E-state index is 0.298. The van der Waals surface area contributed by atoms with Gasteiger partial charge in [-0.15, -0.1) is 0 Å². The van der Waals surface area contributed by atoms with E-state index in [-0.39, 0.29) is 0 Å². The van der Waals surface area contributed by atoms with Gasteiger partial charge in [0.2, 0.25) is 0 Å². The van der Waals surface area contributed by atoms with Crippen molar-refractivity contribution in [2.45, 2.75) is 24.8 Å². The van der Waals surface area contributed by atoms with Gasteiger partial charge in [-0.1, -0.05) is 0 Å². The van der Waals surface area contributed by atoms with Crippen molar-refractivity contribution in [1.82, 2.24) is 9.78 Å². The zero-order valence-electron chi connectivity index (χ0n) is 7.11. The van der Waals surface area contributed by atoms with E-state index in [0.29, 0.717) is 6.54 Å². The van der Waals surface area contributed by atoms with Gasteiger partial charge >= 0.3 is 0 Å². The minimum atomic E-state index is -4.16. The first kappa shape index (κ1) is 11.4. The summed E-state index contributed by atoms with van der Waals surface area (Å²) in [6, 6.07) is 0. The molecule has 0 fully saturated rings. The number of hydrogen-bond donors (Lipinski definition) is 0. The van der Waals surface area contributed by atoms with Crippen LogP contribution < -0.4 is 0 Å². The maximum absolute atomic E-state index is 12.3. The highest BCUT2D eigenvalue weighted by Gasteiger charge is 2.25. The Bertz CT molecular complexity index is 429. The first-order valence-corrected chi connectivity index (χ1v) is 5.97. The molecule has 0 atom stereocenters. The topological polar surface area (TPSA) is 52.0 Å². The SMILES string of the molecule is CCn1cc(S(=O)(=O)Cl)c(C(F)F)n1. The summed E-state index contributed by atoms with van der Waals surface area (Å²) in [4.78, 5) is -0.629. The second kappa shape index (κ2) is 3.82. The van der Waals surface area contributed by atoms with E-state index in [1.54, 1.807) is 6.92 Å². The maximum atomic E-state index is 12.3. The molecule has 1 rings (SSSR count). The highest BCUT2D eigenvalue weighted by Crippen LogP contribution is 2.27. The summed E-state index contributed by atoms with van der Waals surface area (Å²) in [7, 11) is 0.805. The number of aryl methyl sites for hydroxylation is 1. The molecule has 0 spiro atoms. The van der Waals surface area contributed by atoms with Crippen molar-refractivity contribution in [2.75, 3.05) is 0 Å². The Labute approximate surface area is 83.9 Å². The smallest absolute Gasteiger partial charge is 0.271 e. The quantitative estimate of drug-likeness (QED) is 0.762. The number of alkyl halides is 2. The molecule has 0 unspecified atom stereocenters. The lowest BCUT2D eigenvalue weighted by atomic mass is 10.4. The monoisotopic (exact) mass is 244 g/mol. The van der Waals surface area contributed by atoms with Crippen LogP contribution in [-0.2, 0) is 15.6 Å². The molecule has 0 N–H and O–H groups in total. The molecule has 0 saturated carbocycles. The summed E-state index contributed by atoms with van der Waals surface area (Å²) in [5.74, 6) is 0. The third kappa shape index (κ3) is 2.21. The molecule has 0 aliphatic rings. The molecule has 80 valence electrons. The van der Waals surface area contributed by atoms with Crippen molar-refractivity contribution in [3.8, 4) is 0 Å². The van der Waals surface area contributed by atoms with Crippen LogP contribution in [0, 0.1) is 0 Å². The fraction of sp³-hybridized carbons (Fsp3) is 0.500. The van der Waals surface area contributed by atoms with Crippen LogP contribution in [0.1, 0.15) is 19.0 Å². The van der Waals surface area contributed by atoms with Crippen LogP contribution in [0.2, 0.25) is 0 Å². The van der Waals surface area contributed by atoms with E-state index < -0.39 is 26.1 Å². The van der Waals surface area contributed by atoms with Crippen molar-refractivity contribution < 1.29 is 17.2 Å². The van der Waals surface area contributed by atoms with Gasteiger partial charge in [0.05, 0.1) is 0 Å². The lowest BCUT2D eigenvalue weighted by Gasteiger charge is -1.95. The van der Waals surface area contributed by atoms with Crippen LogP contribution in [0.3, 0.4) is 0 Å². The van der Waals surface area contributed by atoms with Crippen LogP contribution in [0.25, 0.3) is 0 Å². The van der Waals surface area contributed by atoms with Crippen molar-refractivity contribution in [1.29, 1.82) is 0 Å². The summed E-state index contributed by atoms with van der Waals surface area (Å²) >= 11 is 0. The number of hydrogen-bond acceptors (Lipinski definition) is 3. The van der Waals surface area contributed by atoms with Gasteiger partial charge in [-0.25, -0.2) is 17.2 Å². The van der Waals surface area contributed by atoms with Crippen LogP contribution >= 0.6 is 10.7 Å². The predicted molar refractivity (Wildman–Crippen MR) is 45.9 cm³/mol. The number of aromatic nitrogens is 2. The van der Waals surface area contributed by atoms with Crippen LogP contribution in [0.4, 0.5) is 8.78 Å². The number of rotatable bonds is 3. The van der Waals surface area contributed by atoms with E-state index in [1.807, 2.05) is 0 Å². The third-order valence-electron chi connectivity index (χ3n) is 1.55. The second-order valence-corrected chi connectivity index (χ2v) is 5.01. The highest BCUT2D eigenvalue weighted by atomic mass is 35.7. The van der Waals surface area contributed by atoms with E-state index >= 15 is 0 Å². The van der Waals surface area contributed by atoms with Gasteiger partial charge in [0.15, 0.2) is 0 Å². The summed E-state index contributed by atoms with van der Waals surface area (Å²) in [6.07, 6.45) is -1.96. The molecule has 4 nitrogen and oxygen atoms in total. The highest BCUT2D eigenvalue weighted by molar-refractivity contribution is 8.13. The Morgan fingerprint density at radius 2 is 2.21 bits per heavy atom. The average molecular weight is 245 g/mol.